The molecule has 1 unspecified atom stereocenters. The molecule has 3 heteroatoms. The van der Waals surface area contributed by atoms with Gasteiger partial charge in [0.2, 0.25) is 0 Å². The number of hydrogen-bond donors (Lipinski definition) is 2. The minimum atomic E-state index is 0.108. The molecule has 1 saturated carbocycles. The first-order valence-electron chi connectivity index (χ1n) is 8.31. The highest BCUT2D eigenvalue weighted by Gasteiger charge is 2.34. The van der Waals surface area contributed by atoms with E-state index in [1.807, 2.05) is 0 Å². The molecule has 1 aromatic rings. The quantitative estimate of drug-likeness (QED) is 0.893. The number of benzene rings is 1. The van der Waals surface area contributed by atoms with Gasteiger partial charge in [-0.15, -0.1) is 0 Å². The summed E-state index contributed by atoms with van der Waals surface area (Å²) in [5.41, 5.74) is 2.62. The summed E-state index contributed by atoms with van der Waals surface area (Å²) in [6.45, 7) is 4.15. The Morgan fingerprint density at radius 2 is 2.10 bits per heavy atom. The molecule has 1 aliphatic heterocycles. The van der Waals surface area contributed by atoms with Crippen molar-refractivity contribution in [2.75, 3.05) is 19.8 Å². The zero-order valence-electron chi connectivity index (χ0n) is 13.0. The lowest BCUT2D eigenvalue weighted by Crippen LogP contribution is -2.37. The molecular formula is C18H27NO2. The van der Waals surface area contributed by atoms with E-state index in [1.165, 1.54) is 24.0 Å². The van der Waals surface area contributed by atoms with E-state index >= 15 is 0 Å². The van der Waals surface area contributed by atoms with E-state index in [-0.39, 0.29) is 5.41 Å². The summed E-state index contributed by atoms with van der Waals surface area (Å²) < 4.78 is 5.94. The van der Waals surface area contributed by atoms with Crippen LogP contribution in [-0.2, 0) is 0 Å². The van der Waals surface area contributed by atoms with Crippen molar-refractivity contribution in [1.82, 2.24) is 5.32 Å². The third-order valence-corrected chi connectivity index (χ3v) is 5.22. The Labute approximate surface area is 127 Å². The molecule has 1 fully saturated rings. The molecule has 116 valence electrons. The van der Waals surface area contributed by atoms with Crippen LogP contribution in [0.25, 0.3) is 0 Å². The Kier molecular flexibility index (Phi) is 4.51. The van der Waals surface area contributed by atoms with E-state index < -0.39 is 0 Å². The van der Waals surface area contributed by atoms with Crippen LogP contribution in [0, 0.1) is 12.3 Å². The van der Waals surface area contributed by atoms with Gasteiger partial charge in [0.1, 0.15) is 5.75 Å². The monoisotopic (exact) mass is 289 g/mol. The van der Waals surface area contributed by atoms with Crippen LogP contribution in [-0.4, -0.2) is 24.9 Å². The molecule has 0 spiro atoms. The van der Waals surface area contributed by atoms with Gasteiger partial charge in [-0.3, -0.25) is 0 Å². The molecule has 3 nitrogen and oxygen atoms in total. The van der Waals surface area contributed by atoms with E-state index in [0.29, 0.717) is 12.6 Å². The van der Waals surface area contributed by atoms with Crippen LogP contribution >= 0.6 is 0 Å². The van der Waals surface area contributed by atoms with Gasteiger partial charge < -0.3 is 15.2 Å². The van der Waals surface area contributed by atoms with Crippen molar-refractivity contribution in [3.8, 4) is 5.75 Å². The average molecular weight is 289 g/mol. The number of nitrogens with one attached hydrogen (secondary N) is 1. The fourth-order valence-corrected chi connectivity index (χ4v) is 3.83. The molecule has 1 heterocycles. The largest absolute Gasteiger partial charge is 0.493 e. The highest BCUT2D eigenvalue weighted by atomic mass is 16.5. The number of hydrogen-bond acceptors (Lipinski definition) is 3. The van der Waals surface area contributed by atoms with Gasteiger partial charge in [-0.05, 0) is 38.2 Å². The number of fused-ring (bicyclic) bond motifs is 1. The first kappa shape index (κ1) is 14.9. The Bertz CT molecular complexity index is 480. The summed E-state index contributed by atoms with van der Waals surface area (Å²) in [4.78, 5) is 0. The summed E-state index contributed by atoms with van der Waals surface area (Å²) in [7, 11) is 0. The van der Waals surface area contributed by atoms with Crippen LogP contribution < -0.4 is 10.1 Å². The predicted octanol–water partition coefficient (Wildman–Crippen LogP) is 3.35. The zero-order chi connectivity index (χ0) is 14.7. The van der Waals surface area contributed by atoms with Crippen molar-refractivity contribution < 1.29 is 9.84 Å². The smallest absolute Gasteiger partial charge is 0.126 e. The van der Waals surface area contributed by atoms with Crippen molar-refractivity contribution in [3.63, 3.8) is 0 Å². The first-order chi connectivity index (χ1) is 10.2. The molecule has 0 aromatic heterocycles. The summed E-state index contributed by atoms with van der Waals surface area (Å²) in [6, 6.07) is 6.78. The maximum absolute atomic E-state index is 9.78. The molecular weight excluding hydrogens is 262 g/mol. The van der Waals surface area contributed by atoms with Crippen molar-refractivity contribution >= 4 is 0 Å². The number of ether oxygens (including phenoxy) is 1. The highest BCUT2D eigenvalue weighted by molar-refractivity contribution is 5.43. The molecule has 1 aromatic carbocycles. The van der Waals surface area contributed by atoms with E-state index in [0.717, 1.165) is 44.6 Å². The fraction of sp³-hybridized carbons (Fsp3) is 0.667. The van der Waals surface area contributed by atoms with Crippen molar-refractivity contribution in [1.29, 1.82) is 0 Å². The van der Waals surface area contributed by atoms with Gasteiger partial charge >= 0.3 is 0 Å². The minimum Gasteiger partial charge on any atom is -0.493 e. The van der Waals surface area contributed by atoms with Gasteiger partial charge in [0.25, 0.3) is 0 Å². The Morgan fingerprint density at radius 1 is 1.29 bits per heavy atom. The number of aliphatic hydroxyl groups excluding tert-OH is 1. The second kappa shape index (κ2) is 6.37. The summed E-state index contributed by atoms with van der Waals surface area (Å²) in [6.07, 6.45) is 7.01. The highest BCUT2D eigenvalue weighted by Crippen LogP contribution is 2.39. The van der Waals surface area contributed by atoms with E-state index in [1.54, 1.807) is 0 Å². The third-order valence-electron chi connectivity index (χ3n) is 5.22. The van der Waals surface area contributed by atoms with Crippen LogP contribution in [0.3, 0.4) is 0 Å². The zero-order valence-corrected chi connectivity index (χ0v) is 13.0. The van der Waals surface area contributed by atoms with Gasteiger partial charge in [0.05, 0.1) is 6.61 Å². The predicted molar refractivity (Wildman–Crippen MR) is 84.6 cm³/mol. The van der Waals surface area contributed by atoms with Crippen LogP contribution in [0.2, 0.25) is 0 Å². The molecule has 1 atom stereocenters. The molecule has 0 radical (unpaired) electrons. The van der Waals surface area contributed by atoms with Gasteiger partial charge in [-0.1, -0.05) is 31.0 Å². The topological polar surface area (TPSA) is 41.5 Å². The summed E-state index contributed by atoms with van der Waals surface area (Å²) in [5, 5.41) is 13.5. The summed E-state index contributed by atoms with van der Waals surface area (Å²) in [5.74, 6) is 1.07. The molecule has 0 bridgehead atoms. The standard InChI is InChI=1S/C18H27NO2/c1-14-6-4-7-15-16(8-5-11-21-17(14)15)19-12-18(13-20)9-2-3-10-18/h4,6-7,16,19-20H,2-3,5,8-13H2,1H3. The van der Waals surface area contributed by atoms with E-state index in [2.05, 4.69) is 30.4 Å². The van der Waals surface area contributed by atoms with Gasteiger partial charge in [-0.25, -0.2) is 0 Å². The van der Waals surface area contributed by atoms with Crippen molar-refractivity contribution in [2.24, 2.45) is 5.41 Å². The van der Waals surface area contributed by atoms with E-state index in [9.17, 15) is 5.11 Å². The van der Waals surface area contributed by atoms with Gasteiger partial charge in [0, 0.05) is 30.2 Å². The van der Waals surface area contributed by atoms with Crippen molar-refractivity contribution in [2.45, 2.75) is 51.5 Å². The SMILES string of the molecule is Cc1cccc2c1OCCCC2NCC1(CO)CCCC1. The van der Waals surface area contributed by atoms with Crippen LogP contribution in [0.15, 0.2) is 18.2 Å². The van der Waals surface area contributed by atoms with Gasteiger partial charge in [-0.2, -0.15) is 0 Å². The van der Waals surface area contributed by atoms with Gasteiger partial charge in [0.15, 0.2) is 0 Å². The van der Waals surface area contributed by atoms with Crippen LogP contribution in [0.5, 0.6) is 5.75 Å². The molecule has 0 amide bonds. The average Bonchev–Trinajstić information content (AvgIpc) is 2.87. The maximum Gasteiger partial charge on any atom is 0.126 e. The maximum atomic E-state index is 9.78. The first-order valence-corrected chi connectivity index (χ1v) is 8.31. The Hall–Kier alpha value is -1.06. The molecule has 2 aliphatic rings. The Balaban J connectivity index is 1.75. The normalized spacial score (nSPS) is 24.2. The number of rotatable bonds is 4. The Morgan fingerprint density at radius 3 is 2.86 bits per heavy atom. The second-order valence-electron chi connectivity index (χ2n) is 6.78. The number of aliphatic hydroxyl groups is 1. The number of para-hydroxylation sites is 1. The lowest BCUT2D eigenvalue weighted by Gasteiger charge is -2.30. The molecule has 21 heavy (non-hydrogen) atoms. The van der Waals surface area contributed by atoms with Crippen LogP contribution in [0.4, 0.5) is 0 Å². The second-order valence-corrected chi connectivity index (χ2v) is 6.78. The van der Waals surface area contributed by atoms with E-state index in [4.69, 9.17) is 4.74 Å². The molecule has 1 aliphatic carbocycles. The fourth-order valence-electron chi connectivity index (χ4n) is 3.83. The lowest BCUT2D eigenvalue weighted by atomic mass is 9.86. The molecule has 0 saturated heterocycles. The number of aryl methyl sites for hydroxylation is 1. The molecule has 3 rings (SSSR count). The third kappa shape index (κ3) is 3.09. The minimum absolute atomic E-state index is 0.108. The van der Waals surface area contributed by atoms with Crippen molar-refractivity contribution in [3.05, 3.63) is 29.3 Å². The molecule has 2 N–H and O–H groups in total. The van der Waals surface area contributed by atoms with Crippen LogP contribution in [0.1, 0.15) is 55.7 Å². The lowest BCUT2D eigenvalue weighted by molar-refractivity contribution is 0.124. The summed E-state index contributed by atoms with van der Waals surface area (Å²) >= 11 is 0.